The van der Waals surface area contributed by atoms with Crippen molar-refractivity contribution < 1.29 is 22.3 Å². The third-order valence-electron chi connectivity index (χ3n) is 4.66. The Morgan fingerprint density at radius 3 is 2.43 bits per heavy atom. The molecule has 0 atom stereocenters. The molecule has 2 saturated heterocycles. The molecule has 2 N–H and O–H groups in total. The third-order valence-corrected chi connectivity index (χ3v) is 4.66. The molecule has 0 aromatic carbocycles. The number of nitrogens with two attached hydrogens (primary N) is 1. The van der Waals surface area contributed by atoms with Gasteiger partial charge in [-0.1, -0.05) is 0 Å². The summed E-state index contributed by atoms with van der Waals surface area (Å²) in [5.74, 6) is 0.426. The van der Waals surface area contributed by atoms with Crippen LogP contribution in [0.3, 0.4) is 0 Å². The molecule has 11 heteroatoms. The predicted molar refractivity (Wildman–Crippen MR) is 94.8 cm³/mol. The highest BCUT2D eigenvalue weighted by atomic mass is 19.4. The van der Waals surface area contributed by atoms with Crippen molar-refractivity contribution in [1.29, 1.82) is 0 Å². The second-order valence-corrected chi connectivity index (χ2v) is 6.67. The van der Waals surface area contributed by atoms with E-state index in [-0.39, 0.29) is 36.1 Å². The minimum absolute atomic E-state index is 0.0635. The summed E-state index contributed by atoms with van der Waals surface area (Å²) >= 11 is 0. The number of ether oxygens (including phenoxy) is 1. The number of morpholine rings is 1. The first-order valence-electron chi connectivity index (χ1n) is 8.75. The fourth-order valence-electron chi connectivity index (χ4n) is 3.15. The maximum Gasteiger partial charge on any atom is 0.417 e. The number of hydrogen-bond acceptors (Lipinski definition) is 7. The monoisotopic (exact) mass is 398 g/mol. The quantitative estimate of drug-likeness (QED) is 0.794. The molecule has 2 fully saturated rings. The first-order chi connectivity index (χ1) is 13.3. The van der Waals surface area contributed by atoms with Crippen molar-refractivity contribution in [2.45, 2.75) is 12.3 Å². The zero-order valence-corrected chi connectivity index (χ0v) is 14.8. The number of halogens is 4. The molecule has 0 spiro atoms. The average molecular weight is 398 g/mol. The van der Waals surface area contributed by atoms with E-state index in [2.05, 4.69) is 15.0 Å². The zero-order chi connectivity index (χ0) is 19.9. The van der Waals surface area contributed by atoms with E-state index in [4.69, 9.17) is 10.5 Å². The zero-order valence-electron chi connectivity index (χ0n) is 14.8. The van der Waals surface area contributed by atoms with Crippen LogP contribution in [0.15, 0.2) is 18.3 Å². The molecule has 0 radical (unpaired) electrons. The summed E-state index contributed by atoms with van der Waals surface area (Å²) in [7, 11) is 0. The second kappa shape index (κ2) is 7.04. The molecule has 2 aromatic rings. The fraction of sp³-hybridized carbons (Fsp3) is 0.471. The molecule has 2 aromatic heterocycles. The third kappa shape index (κ3) is 3.66. The van der Waals surface area contributed by atoms with E-state index in [1.54, 1.807) is 4.90 Å². The van der Waals surface area contributed by atoms with Crippen LogP contribution in [-0.4, -0.2) is 60.5 Å². The largest absolute Gasteiger partial charge is 0.417 e. The Balaban J connectivity index is 1.81. The summed E-state index contributed by atoms with van der Waals surface area (Å²) < 4.78 is 59.2. The Morgan fingerprint density at radius 2 is 1.79 bits per heavy atom. The molecule has 150 valence electrons. The Kier molecular flexibility index (Phi) is 4.69. The molecule has 0 amide bonds. The van der Waals surface area contributed by atoms with Gasteiger partial charge in [0, 0.05) is 30.9 Å². The molecule has 0 bridgehead atoms. The van der Waals surface area contributed by atoms with Crippen LogP contribution in [-0.2, 0) is 10.9 Å². The summed E-state index contributed by atoms with van der Waals surface area (Å²) in [4.78, 5) is 16.1. The van der Waals surface area contributed by atoms with E-state index >= 15 is 0 Å². The summed E-state index contributed by atoms with van der Waals surface area (Å²) in [6.45, 7) is 2.25. The van der Waals surface area contributed by atoms with Gasteiger partial charge < -0.3 is 20.3 Å². The summed E-state index contributed by atoms with van der Waals surface area (Å²) in [5, 5.41) is 0. The van der Waals surface area contributed by atoms with Gasteiger partial charge in [-0.3, -0.25) is 0 Å². The lowest BCUT2D eigenvalue weighted by molar-refractivity contribution is -0.137. The maximum atomic E-state index is 13.5. The maximum absolute atomic E-state index is 13.5. The summed E-state index contributed by atoms with van der Waals surface area (Å²) in [6, 6.07) is 2.21. The average Bonchev–Trinajstić information content (AvgIpc) is 2.65. The van der Waals surface area contributed by atoms with Gasteiger partial charge in [0.1, 0.15) is 17.8 Å². The number of alkyl halides is 4. The number of pyridine rings is 1. The van der Waals surface area contributed by atoms with Gasteiger partial charge in [0.05, 0.1) is 37.6 Å². The van der Waals surface area contributed by atoms with Gasteiger partial charge in [-0.25, -0.2) is 14.4 Å². The topological polar surface area (TPSA) is 80.4 Å². The SMILES string of the molecule is Nc1cc(C(F)(F)F)c(-c2cc(N3CC(F)C3)nc(N3CCOCC3)n2)cn1. The standard InChI is InChI=1S/C17H18F4N6O/c18-10-8-27(9-10)15-6-13(24-16(25-15)26-1-3-28-4-2-26)11-7-23-14(22)5-12(11)17(19,20)21/h5-7,10H,1-4,8-9H2,(H2,22,23). The fourth-order valence-corrected chi connectivity index (χ4v) is 3.15. The van der Waals surface area contributed by atoms with Crippen LogP contribution in [0.4, 0.5) is 35.1 Å². The smallest absolute Gasteiger partial charge is 0.384 e. The first kappa shape index (κ1) is 18.7. The Labute approximate surface area is 158 Å². The van der Waals surface area contributed by atoms with Crippen molar-refractivity contribution in [3.63, 3.8) is 0 Å². The lowest BCUT2D eigenvalue weighted by atomic mass is 10.1. The van der Waals surface area contributed by atoms with Crippen LogP contribution in [0.2, 0.25) is 0 Å². The van der Waals surface area contributed by atoms with Crippen LogP contribution < -0.4 is 15.5 Å². The van der Waals surface area contributed by atoms with Gasteiger partial charge in [-0.05, 0) is 6.07 Å². The molecule has 28 heavy (non-hydrogen) atoms. The Morgan fingerprint density at radius 1 is 1.07 bits per heavy atom. The van der Waals surface area contributed by atoms with Crippen LogP contribution in [0.25, 0.3) is 11.3 Å². The van der Waals surface area contributed by atoms with E-state index < -0.39 is 17.9 Å². The highest BCUT2D eigenvalue weighted by Gasteiger charge is 2.36. The molecule has 2 aliphatic heterocycles. The van der Waals surface area contributed by atoms with Crippen molar-refractivity contribution >= 4 is 17.6 Å². The van der Waals surface area contributed by atoms with Crippen molar-refractivity contribution in [3.05, 3.63) is 23.9 Å². The van der Waals surface area contributed by atoms with E-state index in [1.165, 1.54) is 6.07 Å². The van der Waals surface area contributed by atoms with Gasteiger partial charge in [-0.15, -0.1) is 0 Å². The van der Waals surface area contributed by atoms with Crippen molar-refractivity contribution in [3.8, 4) is 11.3 Å². The van der Waals surface area contributed by atoms with E-state index in [0.717, 1.165) is 12.3 Å². The highest BCUT2D eigenvalue weighted by molar-refractivity contribution is 5.69. The number of anilines is 3. The van der Waals surface area contributed by atoms with Gasteiger partial charge >= 0.3 is 6.18 Å². The molecule has 0 unspecified atom stereocenters. The lowest BCUT2D eigenvalue weighted by Gasteiger charge is -2.36. The van der Waals surface area contributed by atoms with E-state index in [0.29, 0.717) is 32.1 Å². The summed E-state index contributed by atoms with van der Waals surface area (Å²) in [5.41, 5.74) is 4.40. The molecule has 4 heterocycles. The molecule has 7 nitrogen and oxygen atoms in total. The highest BCUT2D eigenvalue weighted by Crippen LogP contribution is 2.38. The van der Waals surface area contributed by atoms with Crippen molar-refractivity contribution in [2.24, 2.45) is 0 Å². The molecular weight excluding hydrogens is 380 g/mol. The van der Waals surface area contributed by atoms with Crippen LogP contribution >= 0.6 is 0 Å². The minimum Gasteiger partial charge on any atom is -0.384 e. The molecule has 0 aliphatic carbocycles. The molecular formula is C17H18F4N6O. The van der Waals surface area contributed by atoms with E-state index in [9.17, 15) is 17.6 Å². The number of hydrogen-bond donors (Lipinski definition) is 1. The van der Waals surface area contributed by atoms with E-state index in [1.807, 2.05) is 4.90 Å². The van der Waals surface area contributed by atoms with Crippen molar-refractivity contribution in [2.75, 3.05) is 54.9 Å². The number of rotatable bonds is 3. The predicted octanol–water partition coefficient (Wildman–Crippen LogP) is 2.13. The van der Waals surface area contributed by atoms with Gasteiger partial charge in [0.2, 0.25) is 5.95 Å². The number of nitrogens with zero attached hydrogens (tertiary/aromatic N) is 5. The minimum atomic E-state index is -4.63. The molecule has 4 rings (SSSR count). The molecule has 0 saturated carbocycles. The van der Waals surface area contributed by atoms with Crippen LogP contribution in [0, 0.1) is 0 Å². The normalized spacial score (nSPS) is 18.3. The number of aromatic nitrogens is 3. The Bertz CT molecular complexity index is 865. The first-order valence-corrected chi connectivity index (χ1v) is 8.75. The van der Waals surface area contributed by atoms with Gasteiger partial charge in [-0.2, -0.15) is 18.2 Å². The lowest BCUT2D eigenvalue weighted by Crippen LogP contribution is -2.49. The van der Waals surface area contributed by atoms with Gasteiger partial charge in [0.25, 0.3) is 0 Å². The second-order valence-electron chi connectivity index (χ2n) is 6.67. The summed E-state index contributed by atoms with van der Waals surface area (Å²) in [6.07, 6.45) is -4.55. The van der Waals surface area contributed by atoms with Crippen LogP contribution in [0.5, 0.6) is 0 Å². The number of nitrogen functional groups attached to an aromatic ring is 1. The van der Waals surface area contributed by atoms with Crippen molar-refractivity contribution in [1.82, 2.24) is 15.0 Å². The molecule has 2 aliphatic rings. The Hall–Kier alpha value is -2.69. The van der Waals surface area contributed by atoms with Crippen LogP contribution in [0.1, 0.15) is 5.56 Å². The van der Waals surface area contributed by atoms with Gasteiger partial charge in [0.15, 0.2) is 0 Å².